The van der Waals surface area contributed by atoms with Crippen LogP contribution in [-0.2, 0) is 10.3 Å². The molecular weight excluding hydrogens is 310 g/mol. The van der Waals surface area contributed by atoms with E-state index < -0.39 is 5.97 Å². The summed E-state index contributed by atoms with van der Waals surface area (Å²) in [5.74, 6) is -0.698. The van der Waals surface area contributed by atoms with E-state index in [1.807, 2.05) is 12.1 Å². The molecule has 25 heavy (non-hydrogen) atoms. The number of carbonyl (C=O) groups is 1. The van der Waals surface area contributed by atoms with Crippen molar-refractivity contribution in [3.05, 3.63) is 83.9 Å². The van der Waals surface area contributed by atoms with Gasteiger partial charge in [-0.2, -0.15) is 0 Å². The molecule has 0 spiro atoms. The van der Waals surface area contributed by atoms with Gasteiger partial charge in [-0.05, 0) is 30.5 Å². The fourth-order valence-corrected chi connectivity index (χ4v) is 4.38. The molecule has 1 heterocycles. The number of nitrogens with zero attached hydrogens (tertiary/aromatic N) is 1. The number of rotatable bonds is 4. The van der Waals surface area contributed by atoms with Gasteiger partial charge in [-0.1, -0.05) is 72.8 Å². The number of carboxylic acids is 1. The Kier molecular flexibility index (Phi) is 4.18. The van der Waals surface area contributed by atoms with E-state index in [0.29, 0.717) is 6.54 Å². The second-order valence-corrected chi connectivity index (χ2v) is 7.06. The molecule has 128 valence electrons. The molecule has 3 heteroatoms. The van der Waals surface area contributed by atoms with Crippen molar-refractivity contribution < 1.29 is 9.90 Å². The minimum atomic E-state index is -0.674. The van der Waals surface area contributed by atoms with Crippen LogP contribution in [0.2, 0.25) is 0 Å². The first kappa shape index (κ1) is 16.1. The molecule has 2 aliphatic rings. The predicted octanol–water partition coefficient (Wildman–Crippen LogP) is 4.03. The Hall–Kier alpha value is -2.39. The minimum absolute atomic E-state index is 0.239. The maximum absolute atomic E-state index is 11.6. The summed E-state index contributed by atoms with van der Waals surface area (Å²) in [4.78, 5) is 14.0. The van der Waals surface area contributed by atoms with Crippen LogP contribution in [0.1, 0.15) is 29.9 Å². The molecular formula is C22H23NO2. The Morgan fingerprint density at radius 3 is 2.32 bits per heavy atom. The predicted molar refractivity (Wildman–Crippen MR) is 98.4 cm³/mol. The van der Waals surface area contributed by atoms with Gasteiger partial charge in [-0.25, -0.2) is 0 Å². The van der Waals surface area contributed by atoms with Crippen molar-refractivity contribution in [3.8, 4) is 0 Å². The van der Waals surface area contributed by atoms with E-state index in [1.165, 1.54) is 11.1 Å². The van der Waals surface area contributed by atoms with Crippen LogP contribution in [0.4, 0.5) is 0 Å². The molecule has 2 aromatic rings. The lowest BCUT2D eigenvalue weighted by Gasteiger charge is -2.54. The van der Waals surface area contributed by atoms with E-state index >= 15 is 0 Å². The fraction of sp³-hybridized carbons (Fsp3) is 0.318. The highest BCUT2D eigenvalue weighted by atomic mass is 16.4. The second-order valence-electron chi connectivity index (χ2n) is 7.06. The monoisotopic (exact) mass is 333 g/mol. The van der Waals surface area contributed by atoms with Gasteiger partial charge in [0.1, 0.15) is 0 Å². The lowest BCUT2D eigenvalue weighted by atomic mass is 9.65. The van der Waals surface area contributed by atoms with Crippen molar-refractivity contribution in [2.45, 2.75) is 24.3 Å². The summed E-state index contributed by atoms with van der Waals surface area (Å²) < 4.78 is 0. The van der Waals surface area contributed by atoms with Crippen LogP contribution in [0.25, 0.3) is 0 Å². The standard InChI is InChI=1S/C22H23NO2/c24-21(25)18-10-7-15-23(16-18)22(19-11-5-2-6-12-19)14-13-20(22)17-8-3-1-4-9-17/h1-6,8-9,11-14,18,20H,7,10,15-16H2,(H,24,25). The first-order chi connectivity index (χ1) is 12.2. The van der Waals surface area contributed by atoms with E-state index in [4.69, 9.17) is 0 Å². The molecule has 0 bridgehead atoms. The van der Waals surface area contributed by atoms with Crippen LogP contribution in [-0.4, -0.2) is 29.1 Å². The zero-order chi connectivity index (χ0) is 17.3. The summed E-state index contributed by atoms with van der Waals surface area (Å²) in [6.45, 7) is 1.55. The maximum atomic E-state index is 11.6. The quantitative estimate of drug-likeness (QED) is 0.859. The minimum Gasteiger partial charge on any atom is -0.481 e. The smallest absolute Gasteiger partial charge is 0.307 e. The summed E-state index contributed by atoms with van der Waals surface area (Å²) in [5.41, 5.74) is 2.29. The summed E-state index contributed by atoms with van der Waals surface area (Å²) in [7, 11) is 0. The highest BCUT2D eigenvalue weighted by molar-refractivity contribution is 5.70. The summed E-state index contributed by atoms with van der Waals surface area (Å²) in [5, 5.41) is 9.52. The average Bonchev–Trinajstić information content (AvgIpc) is 2.63. The van der Waals surface area contributed by atoms with Crippen molar-refractivity contribution >= 4 is 5.97 Å². The highest BCUT2D eigenvalue weighted by Gasteiger charge is 2.49. The number of benzene rings is 2. The van der Waals surface area contributed by atoms with Crippen molar-refractivity contribution in [1.29, 1.82) is 0 Å². The lowest BCUT2D eigenvalue weighted by molar-refractivity contribution is -0.144. The van der Waals surface area contributed by atoms with Crippen molar-refractivity contribution in [2.24, 2.45) is 5.92 Å². The summed E-state index contributed by atoms with van der Waals surface area (Å²) in [6.07, 6.45) is 6.23. The van der Waals surface area contributed by atoms with Gasteiger partial charge in [0, 0.05) is 12.5 Å². The van der Waals surface area contributed by atoms with Gasteiger partial charge in [0.25, 0.3) is 0 Å². The van der Waals surface area contributed by atoms with Crippen LogP contribution in [0.15, 0.2) is 72.8 Å². The maximum Gasteiger partial charge on any atom is 0.307 e. The molecule has 3 unspecified atom stereocenters. The Morgan fingerprint density at radius 2 is 1.72 bits per heavy atom. The summed E-state index contributed by atoms with van der Waals surface area (Å²) >= 11 is 0. The molecule has 2 aromatic carbocycles. The largest absolute Gasteiger partial charge is 0.481 e. The number of carboxylic acid groups (broad SMARTS) is 1. The van der Waals surface area contributed by atoms with Crippen LogP contribution < -0.4 is 0 Å². The third-order valence-electron chi connectivity index (χ3n) is 5.71. The number of hydrogen-bond acceptors (Lipinski definition) is 2. The molecule has 3 nitrogen and oxygen atoms in total. The number of likely N-dealkylation sites (tertiary alicyclic amines) is 1. The second kappa shape index (κ2) is 6.49. The van der Waals surface area contributed by atoms with Gasteiger partial charge in [0.05, 0.1) is 11.5 Å². The van der Waals surface area contributed by atoms with Gasteiger partial charge >= 0.3 is 5.97 Å². The Morgan fingerprint density at radius 1 is 1.04 bits per heavy atom. The molecule has 1 saturated heterocycles. The van der Waals surface area contributed by atoms with E-state index in [1.54, 1.807) is 0 Å². The SMILES string of the molecule is O=C(O)C1CCCN(C2(c3ccccc3)C=CC2c2ccccc2)C1. The molecule has 1 fully saturated rings. The van der Waals surface area contributed by atoms with Crippen molar-refractivity contribution in [3.63, 3.8) is 0 Å². The van der Waals surface area contributed by atoms with Gasteiger partial charge in [-0.15, -0.1) is 0 Å². The molecule has 4 rings (SSSR count). The van der Waals surface area contributed by atoms with Crippen LogP contribution in [0, 0.1) is 5.92 Å². The highest BCUT2D eigenvalue weighted by Crippen LogP contribution is 2.51. The average molecular weight is 333 g/mol. The van der Waals surface area contributed by atoms with Crippen LogP contribution in [0.3, 0.4) is 0 Å². The first-order valence-electron chi connectivity index (χ1n) is 8.99. The fourth-order valence-electron chi connectivity index (χ4n) is 4.38. The summed E-state index contributed by atoms with van der Waals surface area (Å²) in [6, 6.07) is 21.1. The molecule has 1 aliphatic heterocycles. The molecule has 1 aliphatic carbocycles. The van der Waals surface area contributed by atoms with E-state index in [0.717, 1.165) is 19.4 Å². The molecule has 0 aromatic heterocycles. The van der Waals surface area contributed by atoms with Crippen molar-refractivity contribution in [1.82, 2.24) is 4.90 Å². The van der Waals surface area contributed by atoms with Gasteiger partial charge < -0.3 is 5.11 Å². The zero-order valence-corrected chi connectivity index (χ0v) is 14.2. The molecule has 0 saturated carbocycles. The normalized spacial score (nSPS) is 29.1. The van der Waals surface area contributed by atoms with E-state index in [-0.39, 0.29) is 17.4 Å². The third kappa shape index (κ3) is 2.69. The van der Waals surface area contributed by atoms with E-state index in [9.17, 15) is 9.90 Å². The number of hydrogen-bond donors (Lipinski definition) is 1. The zero-order valence-electron chi connectivity index (χ0n) is 14.2. The molecule has 3 atom stereocenters. The number of piperidine rings is 1. The Balaban J connectivity index is 1.76. The lowest BCUT2D eigenvalue weighted by Crippen LogP contribution is -2.56. The molecule has 1 N–H and O–H groups in total. The van der Waals surface area contributed by atoms with Gasteiger partial charge in [-0.3, -0.25) is 9.69 Å². The van der Waals surface area contributed by atoms with Crippen molar-refractivity contribution in [2.75, 3.05) is 13.1 Å². The van der Waals surface area contributed by atoms with Gasteiger partial charge in [0.2, 0.25) is 0 Å². The topological polar surface area (TPSA) is 40.5 Å². The Labute approximate surface area is 148 Å². The third-order valence-corrected chi connectivity index (χ3v) is 5.71. The first-order valence-corrected chi connectivity index (χ1v) is 8.99. The number of aliphatic carboxylic acids is 1. The van der Waals surface area contributed by atoms with E-state index in [2.05, 4.69) is 65.6 Å². The van der Waals surface area contributed by atoms with Crippen LogP contribution >= 0.6 is 0 Å². The Bertz CT molecular complexity index is 771. The van der Waals surface area contributed by atoms with Crippen LogP contribution in [0.5, 0.6) is 0 Å². The molecule has 0 amide bonds. The molecule has 0 radical (unpaired) electrons. The van der Waals surface area contributed by atoms with Gasteiger partial charge in [0.15, 0.2) is 0 Å².